The third kappa shape index (κ3) is 3.23. The monoisotopic (exact) mass is 270 g/mol. The zero-order valence-electron chi connectivity index (χ0n) is 11.7. The summed E-state index contributed by atoms with van der Waals surface area (Å²) < 4.78 is 27.4. The predicted octanol–water partition coefficient (Wildman–Crippen LogP) is 2.35. The van der Waals surface area contributed by atoms with Crippen molar-refractivity contribution in [3.8, 4) is 0 Å². The number of nitrogens with two attached hydrogens (primary N) is 1. The standard InChI is InChI=1S/C13H22N2O2S/c1-6-13(4,5)15-18(16,17)12-8-11(14)7-9(2)10(12)3/h7-8,15H,6,14H2,1-5H3. The first-order valence-corrected chi connectivity index (χ1v) is 7.48. The van der Waals surface area contributed by atoms with E-state index in [1.165, 1.54) is 6.07 Å². The molecule has 1 aromatic rings. The highest BCUT2D eigenvalue weighted by molar-refractivity contribution is 7.89. The van der Waals surface area contributed by atoms with Gasteiger partial charge in [-0.15, -0.1) is 0 Å². The number of sulfonamides is 1. The van der Waals surface area contributed by atoms with E-state index in [0.29, 0.717) is 12.1 Å². The normalized spacial score (nSPS) is 12.7. The number of nitrogens with one attached hydrogen (secondary N) is 1. The Balaban J connectivity index is 3.30. The Morgan fingerprint density at radius 2 is 1.83 bits per heavy atom. The van der Waals surface area contributed by atoms with Crippen LogP contribution in [-0.2, 0) is 10.0 Å². The first kappa shape index (κ1) is 15.0. The van der Waals surface area contributed by atoms with Gasteiger partial charge in [-0.25, -0.2) is 13.1 Å². The van der Waals surface area contributed by atoms with Crippen molar-refractivity contribution >= 4 is 15.7 Å². The van der Waals surface area contributed by atoms with Gasteiger partial charge in [-0.05, 0) is 57.4 Å². The van der Waals surface area contributed by atoms with E-state index in [1.807, 2.05) is 27.7 Å². The molecule has 0 radical (unpaired) electrons. The fourth-order valence-corrected chi connectivity index (χ4v) is 3.46. The lowest BCUT2D eigenvalue weighted by Gasteiger charge is -2.25. The molecule has 4 nitrogen and oxygen atoms in total. The fourth-order valence-electron chi connectivity index (χ4n) is 1.62. The summed E-state index contributed by atoms with van der Waals surface area (Å²) in [7, 11) is -3.54. The molecule has 0 aliphatic rings. The molecule has 5 heteroatoms. The lowest BCUT2D eigenvalue weighted by molar-refractivity contribution is 0.439. The zero-order chi connectivity index (χ0) is 14.1. The molecule has 1 aromatic carbocycles. The van der Waals surface area contributed by atoms with Gasteiger partial charge in [0.2, 0.25) is 10.0 Å². The van der Waals surface area contributed by atoms with Gasteiger partial charge in [-0.2, -0.15) is 0 Å². The summed E-state index contributed by atoms with van der Waals surface area (Å²) in [6.45, 7) is 9.32. The van der Waals surface area contributed by atoms with E-state index in [4.69, 9.17) is 5.73 Å². The topological polar surface area (TPSA) is 72.2 Å². The van der Waals surface area contributed by atoms with Gasteiger partial charge in [0.1, 0.15) is 0 Å². The average molecular weight is 270 g/mol. The van der Waals surface area contributed by atoms with E-state index < -0.39 is 15.6 Å². The summed E-state index contributed by atoms with van der Waals surface area (Å²) in [5.41, 5.74) is 7.34. The molecule has 0 aromatic heterocycles. The summed E-state index contributed by atoms with van der Waals surface area (Å²) in [5.74, 6) is 0. The van der Waals surface area contributed by atoms with Crippen molar-refractivity contribution in [3.63, 3.8) is 0 Å². The average Bonchev–Trinajstić information content (AvgIpc) is 2.21. The van der Waals surface area contributed by atoms with Gasteiger partial charge >= 0.3 is 0 Å². The van der Waals surface area contributed by atoms with Crippen molar-refractivity contribution in [1.29, 1.82) is 0 Å². The van der Waals surface area contributed by atoms with Gasteiger partial charge in [0.25, 0.3) is 0 Å². The van der Waals surface area contributed by atoms with Crippen LogP contribution in [0.2, 0.25) is 0 Å². The number of nitrogen functional groups attached to an aromatic ring is 1. The second-order valence-corrected chi connectivity index (χ2v) is 6.95. The minimum absolute atomic E-state index is 0.265. The van der Waals surface area contributed by atoms with Crippen molar-refractivity contribution in [2.75, 3.05) is 5.73 Å². The SMILES string of the molecule is CCC(C)(C)NS(=O)(=O)c1cc(N)cc(C)c1C. The molecule has 18 heavy (non-hydrogen) atoms. The van der Waals surface area contributed by atoms with Gasteiger partial charge in [0.05, 0.1) is 4.90 Å². The maximum absolute atomic E-state index is 12.4. The van der Waals surface area contributed by atoms with E-state index in [9.17, 15) is 8.42 Å². The van der Waals surface area contributed by atoms with Crippen LogP contribution in [0.25, 0.3) is 0 Å². The van der Waals surface area contributed by atoms with E-state index in [1.54, 1.807) is 13.0 Å². The second-order valence-electron chi connectivity index (χ2n) is 5.30. The van der Waals surface area contributed by atoms with Crippen molar-refractivity contribution < 1.29 is 8.42 Å². The molecule has 0 heterocycles. The van der Waals surface area contributed by atoms with Crippen LogP contribution in [0, 0.1) is 13.8 Å². The van der Waals surface area contributed by atoms with E-state index in [0.717, 1.165) is 11.1 Å². The van der Waals surface area contributed by atoms with Crippen LogP contribution in [0.3, 0.4) is 0 Å². The van der Waals surface area contributed by atoms with E-state index >= 15 is 0 Å². The van der Waals surface area contributed by atoms with Gasteiger partial charge < -0.3 is 5.73 Å². The van der Waals surface area contributed by atoms with Crippen LogP contribution in [0.4, 0.5) is 5.69 Å². The van der Waals surface area contributed by atoms with Crippen molar-refractivity contribution in [2.24, 2.45) is 0 Å². The number of rotatable bonds is 4. The summed E-state index contributed by atoms with van der Waals surface area (Å²) in [4.78, 5) is 0.265. The minimum atomic E-state index is -3.54. The largest absolute Gasteiger partial charge is 0.399 e. The van der Waals surface area contributed by atoms with Crippen molar-refractivity contribution in [1.82, 2.24) is 4.72 Å². The molecular weight excluding hydrogens is 248 g/mol. The van der Waals surface area contributed by atoms with Gasteiger partial charge in [-0.1, -0.05) is 6.92 Å². The van der Waals surface area contributed by atoms with Gasteiger partial charge in [0.15, 0.2) is 0 Å². The number of hydrogen-bond acceptors (Lipinski definition) is 3. The second kappa shape index (κ2) is 4.90. The fraction of sp³-hybridized carbons (Fsp3) is 0.538. The Kier molecular flexibility index (Phi) is 4.08. The maximum Gasteiger partial charge on any atom is 0.241 e. The molecule has 102 valence electrons. The van der Waals surface area contributed by atoms with Crippen LogP contribution < -0.4 is 10.5 Å². The highest BCUT2D eigenvalue weighted by Gasteiger charge is 2.26. The molecular formula is C13H22N2O2S. The Labute approximate surface area is 110 Å². The molecule has 1 rings (SSSR count). The summed E-state index contributed by atoms with van der Waals surface area (Å²) in [6.07, 6.45) is 0.715. The summed E-state index contributed by atoms with van der Waals surface area (Å²) >= 11 is 0. The van der Waals surface area contributed by atoms with Crippen LogP contribution in [0.15, 0.2) is 17.0 Å². The molecule has 0 saturated heterocycles. The third-order valence-corrected chi connectivity index (χ3v) is 5.05. The van der Waals surface area contributed by atoms with Crippen LogP contribution in [0.1, 0.15) is 38.3 Å². The molecule has 0 spiro atoms. The lowest BCUT2D eigenvalue weighted by Crippen LogP contribution is -2.42. The molecule has 0 fully saturated rings. The van der Waals surface area contributed by atoms with E-state index in [-0.39, 0.29) is 4.90 Å². The Morgan fingerprint density at radius 3 is 2.33 bits per heavy atom. The molecule has 0 unspecified atom stereocenters. The molecule has 0 aliphatic carbocycles. The zero-order valence-corrected chi connectivity index (χ0v) is 12.5. The van der Waals surface area contributed by atoms with Crippen molar-refractivity contribution in [3.05, 3.63) is 23.3 Å². The first-order valence-electron chi connectivity index (χ1n) is 6.00. The van der Waals surface area contributed by atoms with Gasteiger partial charge in [0, 0.05) is 11.2 Å². The summed E-state index contributed by atoms with van der Waals surface area (Å²) in [5, 5.41) is 0. The molecule has 3 N–H and O–H groups in total. The minimum Gasteiger partial charge on any atom is -0.399 e. The quantitative estimate of drug-likeness (QED) is 0.825. The third-order valence-electron chi connectivity index (χ3n) is 3.23. The van der Waals surface area contributed by atoms with Crippen LogP contribution in [0.5, 0.6) is 0 Å². The number of anilines is 1. The van der Waals surface area contributed by atoms with Crippen LogP contribution in [-0.4, -0.2) is 14.0 Å². The Bertz CT molecular complexity index is 548. The number of hydrogen-bond donors (Lipinski definition) is 2. The predicted molar refractivity (Wildman–Crippen MR) is 75.0 cm³/mol. The summed E-state index contributed by atoms with van der Waals surface area (Å²) in [6, 6.07) is 3.29. The smallest absolute Gasteiger partial charge is 0.241 e. The Morgan fingerprint density at radius 1 is 1.28 bits per heavy atom. The molecule has 0 bridgehead atoms. The Hall–Kier alpha value is -1.07. The lowest BCUT2D eigenvalue weighted by atomic mass is 10.0. The molecule has 0 aliphatic heterocycles. The highest BCUT2D eigenvalue weighted by Crippen LogP contribution is 2.24. The van der Waals surface area contributed by atoms with Crippen molar-refractivity contribution in [2.45, 2.75) is 51.5 Å². The first-order chi connectivity index (χ1) is 8.09. The number of benzene rings is 1. The molecule has 0 atom stereocenters. The van der Waals surface area contributed by atoms with E-state index in [2.05, 4.69) is 4.72 Å². The van der Waals surface area contributed by atoms with Gasteiger partial charge in [-0.3, -0.25) is 0 Å². The number of aryl methyl sites for hydroxylation is 1. The maximum atomic E-state index is 12.4. The molecule has 0 amide bonds. The molecule has 0 saturated carbocycles. The van der Waals surface area contributed by atoms with Crippen LogP contribution >= 0.6 is 0 Å². The highest BCUT2D eigenvalue weighted by atomic mass is 32.2.